The van der Waals surface area contributed by atoms with E-state index in [1.54, 1.807) is 17.4 Å². The van der Waals surface area contributed by atoms with Crippen molar-refractivity contribution in [2.75, 3.05) is 39.3 Å². The number of aromatic nitrogens is 2. The van der Waals surface area contributed by atoms with Gasteiger partial charge in [0.05, 0.1) is 12.9 Å². The van der Waals surface area contributed by atoms with Gasteiger partial charge >= 0.3 is 12.0 Å². The molecule has 2 amide bonds. The minimum absolute atomic E-state index is 0.0370. The Kier molecular flexibility index (Phi) is 5.56. The standard InChI is InChI=1S/C13H21N5O3/c19-12(20)9-17-4-1-5-18(7-6-17)13(21)15-3-2-11-8-14-10-16-11/h8,10H,1-7,9H2,(H,14,16)(H,15,21)(H,19,20). The predicted molar refractivity (Wildman–Crippen MR) is 76.0 cm³/mol. The van der Waals surface area contributed by atoms with Crippen molar-refractivity contribution < 1.29 is 14.7 Å². The topological polar surface area (TPSA) is 102 Å². The number of carbonyl (C=O) groups excluding carboxylic acids is 1. The fourth-order valence-electron chi connectivity index (χ4n) is 2.36. The van der Waals surface area contributed by atoms with E-state index in [1.165, 1.54) is 0 Å². The van der Waals surface area contributed by atoms with E-state index >= 15 is 0 Å². The molecule has 0 bridgehead atoms. The number of aromatic amines is 1. The number of hydrogen-bond donors (Lipinski definition) is 3. The number of amides is 2. The number of hydrogen-bond acceptors (Lipinski definition) is 4. The average molecular weight is 295 g/mol. The van der Waals surface area contributed by atoms with Crippen molar-refractivity contribution in [1.29, 1.82) is 0 Å². The molecule has 1 aliphatic heterocycles. The van der Waals surface area contributed by atoms with Crippen molar-refractivity contribution in [3.63, 3.8) is 0 Å². The molecule has 1 aromatic heterocycles. The molecule has 2 rings (SSSR count). The van der Waals surface area contributed by atoms with Gasteiger partial charge in [0.15, 0.2) is 0 Å². The zero-order chi connectivity index (χ0) is 15.1. The van der Waals surface area contributed by atoms with Crippen LogP contribution in [-0.4, -0.2) is 76.1 Å². The van der Waals surface area contributed by atoms with Crippen LogP contribution in [0.5, 0.6) is 0 Å². The van der Waals surface area contributed by atoms with Crippen LogP contribution < -0.4 is 5.32 Å². The van der Waals surface area contributed by atoms with Crippen molar-refractivity contribution in [2.45, 2.75) is 12.8 Å². The maximum atomic E-state index is 12.1. The van der Waals surface area contributed by atoms with Crippen LogP contribution in [0.2, 0.25) is 0 Å². The Morgan fingerprint density at radius 1 is 1.33 bits per heavy atom. The summed E-state index contributed by atoms with van der Waals surface area (Å²) >= 11 is 0. The van der Waals surface area contributed by atoms with Crippen LogP contribution in [0.4, 0.5) is 4.79 Å². The van der Waals surface area contributed by atoms with Gasteiger partial charge in [0.1, 0.15) is 0 Å². The normalized spacial score (nSPS) is 16.5. The van der Waals surface area contributed by atoms with Gasteiger partial charge in [-0.15, -0.1) is 0 Å². The van der Waals surface area contributed by atoms with E-state index < -0.39 is 5.97 Å². The molecule has 0 aromatic carbocycles. The maximum Gasteiger partial charge on any atom is 0.317 e. The highest BCUT2D eigenvalue weighted by atomic mass is 16.4. The van der Waals surface area contributed by atoms with Crippen LogP contribution in [0, 0.1) is 0 Å². The van der Waals surface area contributed by atoms with Crippen LogP contribution in [0.25, 0.3) is 0 Å². The Balaban J connectivity index is 1.71. The monoisotopic (exact) mass is 295 g/mol. The van der Waals surface area contributed by atoms with Crippen molar-refractivity contribution in [2.24, 2.45) is 0 Å². The lowest BCUT2D eigenvalue weighted by Crippen LogP contribution is -2.43. The number of carbonyl (C=O) groups is 2. The molecule has 116 valence electrons. The van der Waals surface area contributed by atoms with Gasteiger partial charge < -0.3 is 20.3 Å². The molecule has 21 heavy (non-hydrogen) atoms. The van der Waals surface area contributed by atoms with E-state index in [-0.39, 0.29) is 12.6 Å². The number of urea groups is 1. The lowest BCUT2D eigenvalue weighted by Gasteiger charge is -2.21. The summed E-state index contributed by atoms with van der Waals surface area (Å²) in [5.74, 6) is -0.826. The summed E-state index contributed by atoms with van der Waals surface area (Å²) < 4.78 is 0. The van der Waals surface area contributed by atoms with Crippen LogP contribution in [-0.2, 0) is 11.2 Å². The third-order valence-corrected chi connectivity index (χ3v) is 3.46. The van der Waals surface area contributed by atoms with E-state index in [9.17, 15) is 9.59 Å². The summed E-state index contributed by atoms with van der Waals surface area (Å²) in [6.07, 6.45) is 4.86. The van der Waals surface area contributed by atoms with Crippen LogP contribution in [0.1, 0.15) is 12.1 Å². The zero-order valence-corrected chi connectivity index (χ0v) is 11.9. The molecule has 0 unspecified atom stereocenters. The molecule has 0 atom stereocenters. The molecular formula is C13H21N5O3. The number of imidazole rings is 1. The van der Waals surface area contributed by atoms with E-state index in [1.807, 2.05) is 4.90 Å². The molecule has 0 radical (unpaired) electrons. The van der Waals surface area contributed by atoms with E-state index in [0.29, 0.717) is 39.1 Å². The SMILES string of the molecule is O=C(O)CN1CCCN(C(=O)NCCc2cnc[nH]2)CC1. The number of carboxylic acid groups (broad SMARTS) is 1. The van der Waals surface area contributed by atoms with Gasteiger partial charge in [0.2, 0.25) is 0 Å². The molecule has 0 saturated carbocycles. The number of aliphatic carboxylic acids is 1. The highest BCUT2D eigenvalue weighted by Gasteiger charge is 2.19. The Morgan fingerprint density at radius 3 is 2.90 bits per heavy atom. The van der Waals surface area contributed by atoms with Crippen molar-refractivity contribution >= 4 is 12.0 Å². The summed E-state index contributed by atoms with van der Waals surface area (Å²) in [4.78, 5) is 33.3. The summed E-state index contributed by atoms with van der Waals surface area (Å²) in [6.45, 7) is 3.12. The van der Waals surface area contributed by atoms with E-state index in [0.717, 1.165) is 12.1 Å². The molecule has 1 saturated heterocycles. The first kappa shape index (κ1) is 15.3. The second-order valence-corrected chi connectivity index (χ2v) is 5.07. The van der Waals surface area contributed by atoms with Gasteiger partial charge in [-0.2, -0.15) is 0 Å². The molecular weight excluding hydrogens is 274 g/mol. The molecule has 0 aliphatic carbocycles. The van der Waals surface area contributed by atoms with Crippen molar-refractivity contribution in [3.8, 4) is 0 Å². The fourth-order valence-corrected chi connectivity index (χ4v) is 2.36. The lowest BCUT2D eigenvalue weighted by atomic mass is 10.3. The van der Waals surface area contributed by atoms with Gasteiger partial charge in [-0.25, -0.2) is 9.78 Å². The highest BCUT2D eigenvalue weighted by Crippen LogP contribution is 2.03. The molecule has 1 aliphatic rings. The maximum absolute atomic E-state index is 12.1. The quantitative estimate of drug-likeness (QED) is 0.695. The third kappa shape index (κ3) is 5.07. The molecule has 1 fully saturated rings. The van der Waals surface area contributed by atoms with Gasteiger partial charge in [-0.05, 0) is 6.42 Å². The molecule has 1 aromatic rings. The molecule has 8 nitrogen and oxygen atoms in total. The third-order valence-electron chi connectivity index (χ3n) is 3.46. The second-order valence-electron chi connectivity index (χ2n) is 5.07. The minimum Gasteiger partial charge on any atom is -0.480 e. The summed E-state index contributed by atoms with van der Waals surface area (Å²) in [7, 11) is 0. The largest absolute Gasteiger partial charge is 0.480 e. The van der Waals surface area contributed by atoms with Gasteiger partial charge in [-0.1, -0.05) is 0 Å². The number of nitrogens with one attached hydrogen (secondary N) is 2. The average Bonchev–Trinajstić information content (AvgIpc) is 2.84. The Morgan fingerprint density at radius 2 is 2.19 bits per heavy atom. The van der Waals surface area contributed by atoms with Gasteiger partial charge in [-0.3, -0.25) is 9.69 Å². The van der Waals surface area contributed by atoms with Gasteiger partial charge in [0, 0.05) is 51.0 Å². The van der Waals surface area contributed by atoms with E-state index in [2.05, 4.69) is 15.3 Å². The summed E-state index contributed by atoms with van der Waals surface area (Å²) in [6, 6.07) is -0.0910. The Bertz CT molecular complexity index is 462. The van der Waals surface area contributed by atoms with E-state index in [4.69, 9.17) is 5.11 Å². The van der Waals surface area contributed by atoms with Crippen LogP contribution in [0.15, 0.2) is 12.5 Å². The van der Waals surface area contributed by atoms with Crippen molar-refractivity contribution in [3.05, 3.63) is 18.2 Å². The summed E-state index contributed by atoms with van der Waals surface area (Å²) in [5, 5.41) is 11.7. The number of H-pyrrole nitrogens is 1. The lowest BCUT2D eigenvalue weighted by molar-refractivity contribution is -0.138. The fraction of sp³-hybridized carbons (Fsp3) is 0.615. The second kappa shape index (κ2) is 7.63. The molecule has 0 spiro atoms. The predicted octanol–water partition coefficient (Wildman–Crippen LogP) is -0.246. The first-order valence-electron chi connectivity index (χ1n) is 7.09. The molecule has 3 N–H and O–H groups in total. The first-order valence-corrected chi connectivity index (χ1v) is 7.09. The van der Waals surface area contributed by atoms with Crippen LogP contribution in [0.3, 0.4) is 0 Å². The Hall–Kier alpha value is -2.09. The molecule has 8 heteroatoms. The molecule has 2 heterocycles. The van der Waals surface area contributed by atoms with Crippen molar-refractivity contribution in [1.82, 2.24) is 25.1 Å². The van der Waals surface area contributed by atoms with Gasteiger partial charge in [0.25, 0.3) is 0 Å². The number of carboxylic acids is 1. The number of rotatable bonds is 5. The Labute approximate surface area is 123 Å². The van der Waals surface area contributed by atoms with Crippen LogP contribution >= 0.6 is 0 Å². The number of nitrogens with zero attached hydrogens (tertiary/aromatic N) is 3. The minimum atomic E-state index is -0.826. The highest BCUT2D eigenvalue weighted by molar-refractivity contribution is 5.74. The smallest absolute Gasteiger partial charge is 0.317 e. The summed E-state index contributed by atoms with van der Waals surface area (Å²) in [5.41, 5.74) is 0.985. The zero-order valence-electron chi connectivity index (χ0n) is 11.9. The first-order chi connectivity index (χ1) is 10.1.